The molecule has 1 atom stereocenters. The lowest BCUT2D eigenvalue weighted by molar-refractivity contribution is -0.137. The molecule has 0 N–H and O–H groups in total. The van der Waals surface area contributed by atoms with Gasteiger partial charge in [0.2, 0.25) is 5.91 Å². The van der Waals surface area contributed by atoms with Gasteiger partial charge in [-0.2, -0.15) is 0 Å². The van der Waals surface area contributed by atoms with Crippen LogP contribution >= 0.6 is 11.3 Å². The zero-order chi connectivity index (χ0) is 21.1. The maximum Gasteiger partial charge on any atom is 0.263 e. The molecule has 160 valence electrons. The van der Waals surface area contributed by atoms with Crippen LogP contribution in [0.4, 0.5) is 0 Å². The number of rotatable bonds is 5. The molecule has 2 amide bonds. The van der Waals surface area contributed by atoms with E-state index in [0.29, 0.717) is 13.1 Å². The molecule has 2 saturated heterocycles. The van der Waals surface area contributed by atoms with Crippen molar-refractivity contribution >= 4 is 23.2 Å². The van der Waals surface area contributed by atoms with Gasteiger partial charge < -0.3 is 19.3 Å². The molecule has 0 saturated carbocycles. The van der Waals surface area contributed by atoms with Gasteiger partial charge in [0.05, 0.1) is 25.1 Å². The van der Waals surface area contributed by atoms with Crippen molar-refractivity contribution < 1.29 is 19.1 Å². The standard InChI is InChI=1S/C23H28N2O4S/c1-28-17-7-8-18(20(15-17)29-2)19-5-3-11-25(19)22(26)16-9-12-24(13-10-16)23(27)21-6-4-14-30-21/h4,6-8,14-16,19H,3,5,9-13H2,1-2H3. The lowest BCUT2D eigenvalue weighted by Crippen LogP contribution is -2.44. The van der Waals surface area contributed by atoms with Crippen molar-refractivity contribution in [3.63, 3.8) is 0 Å². The van der Waals surface area contributed by atoms with Crippen molar-refractivity contribution in [1.82, 2.24) is 9.80 Å². The Labute approximate surface area is 181 Å². The Morgan fingerprint density at radius 1 is 1.03 bits per heavy atom. The Morgan fingerprint density at radius 2 is 1.83 bits per heavy atom. The van der Waals surface area contributed by atoms with Crippen molar-refractivity contribution in [2.24, 2.45) is 5.92 Å². The lowest BCUT2D eigenvalue weighted by Gasteiger charge is -2.35. The normalized spacial score (nSPS) is 19.7. The van der Waals surface area contributed by atoms with Crippen molar-refractivity contribution in [3.8, 4) is 11.5 Å². The van der Waals surface area contributed by atoms with Crippen LogP contribution in [-0.4, -0.2) is 55.5 Å². The number of hydrogen-bond acceptors (Lipinski definition) is 5. The minimum atomic E-state index is -0.0257. The van der Waals surface area contributed by atoms with Gasteiger partial charge in [0, 0.05) is 37.2 Å². The third-order valence-corrected chi connectivity index (χ3v) is 7.06. The molecule has 30 heavy (non-hydrogen) atoms. The van der Waals surface area contributed by atoms with E-state index in [4.69, 9.17) is 9.47 Å². The second-order valence-electron chi connectivity index (χ2n) is 7.84. The van der Waals surface area contributed by atoms with Crippen LogP contribution in [0.15, 0.2) is 35.7 Å². The average Bonchev–Trinajstić information content (AvgIpc) is 3.50. The summed E-state index contributed by atoms with van der Waals surface area (Å²) in [6.07, 6.45) is 3.36. The van der Waals surface area contributed by atoms with Crippen molar-refractivity contribution in [2.75, 3.05) is 33.9 Å². The number of piperidine rings is 1. The van der Waals surface area contributed by atoms with E-state index in [0.717, 1.165) is 54.2 Å². The first-order chi connectivity index (χ1) is 14.6. The molecule has 3 heterocycles. The van der Waals surface area contributed by atoms with Crippen molar-refractivity contribution in [2.45, 2.75) is 31.7 Å². The fourth-order valence-electron chi connectivity index (χ4n) is 4.57. The van der Waals surface area contributed by atoms with Gasteiger partial charge in [0.15, 0.2) is 0 Å². The van der Waals surface area contributed by atoms with Crippen LogP contribution in [0.1, 0.15) is 47.0 Å². The van der Waals surface area contributed by atoms with Crippen LogP contribution in [0.5, 0.6) is 11.5 Å². The molecular weight excluding hydrogens is 400 g/mol. The average molecular weight is 429 g/mol. The molecule has 0 aliphatic carbocycles. The Bertz CT molecular complexity index is 891. The molecule has 4 rings (SSSR count). The van der Waals surface area contributed by atoms with E-state index in [9.17, 15) is 9.59 Å². The fourth-order valence-corrected chi connectivity index (χ4v) is 5.26. The molecule has 2 fully saturated rings. The summed E-state index contributed by atoms with van der Waals surface area (Å²) in [6, 6.07) is 9.61. The first-order valence-electron chi connectivity index (χ1n) is 10.5. The number of amides is 2. The maximum atomic E-state index is 13.4. The predicted molar refractivity (Wildman–Crippen MR) is 116 cm³/mol. The highest BCUT2D eigenvalue weighted by Crippen LogP contribution is 2.40. The van der Waals surface area contributed by atoms with E-state index in [-0.39, 0.29) is 23.8 Å². The molecule has 2 aliphatic heterocycles. The number of thiophene rings is 1. The molecule has 1 aromatic heterocycles. The van der Waals surface area contributed by atoms with Crippen LogP contribution in [0, 0.1) is 5.92 Å². The fraction of sp³-hybridized carbons (Fsp3) is 0.478. The third kappa shape index (κ3) is 4.03. The summed E-state index contributed by atoms with van der Waals surface area (Å²) in [5, 5.41) is 1.92. The molecule has 6 nitrogen and oxygen atoms in total. The molecule has 0 spiro atoms. The smallest absolute Gasteiger partial charge is 0.263 e. The molecular formula is C23H28N2O4S. The molecule has 2 aromatic rings. The molecule has 0 bridgehead atoms. The van der Waals surface area contributed by atoms with E-state index in [2.05, 4.69) is 0 Å². The summed E-state index contributed by atoms with van der Waals surface area (Å²) in [7, 11) is 3.29. The predicted octanol–water partition coefficient (Wildman–Crippen LogP) is 3.98. The Kier molecular flexibility index (Phi) is 6.27. The van der Waals surface area contributed by atoms with Crippen LogP contribution in [-0.2, 0) is 4.79 Å². The lowest BCUT2D eigenvalue weighted by atomic mass is 9.94. The van der Waals surface area contributed by atoms with Crippen LogP contribution < -0.4 is 9.47 Å². The summed E-state index contributed by atoms with van der Waals surface area (Å²) in [5.41, 5.74) is 1.04. The van der Waals surface area contributed by atoms with E-state index in [1.54, 1.807) is 14.2 Å². The quantitative estimate of drug-likeness (QED) is 0.723. The van der Waals surface area contributed by atoms with Crippen molar-refractivity contribution in [1.29, 1.82) is 0 Å². The first-order valence-corrected chi connectivity index (χ1v) is 11.4. The van der Waals surface area contributed by atoms with Crippen LogP contribution in [0.2, 0.25) is 0 Å². The summed E-state index contributed by atoms with van der Waals surface area (Å²) in [4.78, 5) is 30.6. The highest BCUT2D eigenvalue weighted by molar-refractivity contribution is 7.12. The number of carbonyl (C=O) groups is 2. The van der Waals surface area contributed by atoms with Gasteiger partial charge in [0.1, 0.15) is 11.5 Å². The van der Waals surface area contributed by atoms with Gasteiger partial charge in [-0.25, -0.2) is 0 Å². The zero-order valence-electron chi connectivity index (χ0n) is 17.5. The highest BCUT2D eigenvalue weighted by Gasteiger charge is 2.37. The third-order valence-electron chi connectivity index (χ3n) is 6.20. The zero-order valence-corrected chi connectivity index (χ0v) is 18.3. The Balaban J connectivity index is 1.43. The minimum absolute atomic E-state index is 0.0257. The second kappa shape index (κ2) is 9.08. The minimum Gasteiger partial charge on any atom is -0.497 e. The summed E-state index contributed by atoms with van der Waals surface area (Å²) in [6.45, 7) is 2.04. The topological polar surface area (TPSA) is 59.1 Å². The number of methoxy groups -OCH3 is 2. The van der Waals surface area contributed by atoms with Crippen molar-refractivity contribution in [3.05, 3.63) is 46.2 Å². The Hall–Kier alpha value is -2.54. The van der Waals surface area contributed by atoms with Crippen LogP contribution in [0.25, 0.3) is 0 Å². The molecule has 1 unspecified atom stereocenters. The number of likely N-dealkylation sites (tertiary alicyclic amines) is 2. The van der Waals surface area contributed by atoms with Gasteiger partial charge in [-0.05, 0) is 49.3 Å². The van der Waals surface area contributed by atoms with E-state index < -0.39 is 0 Å². The number of benzene rings is 1. The molecule has 1 aromatic carbocycles. The van der Waals surface area contributed by atoms with Gasteiger partial charge in [0.25, 0.3) is 5.91 Å². The SMILES string of the molecule is COc1ccc(C2CCCN2C(=O)C2CCN(C(=O)c3cccs3)CC2)c(OC)c1. The monoisotopic (exact) mass is 428 g/mol. The number of hydrogen-bond donors (Lipinski definition) is 0. The summed E-state index contributed by atoms with van der Waals surface area (Å²) < 4.78 is 10.9. The molecule has 2 aliphatic rings. The van der Waals surface area contributed by atoms with E-state index in [1.165, 1.54) is 11.3 Å². The maximum absolute atomic E-state index is 13.4. The van der Waals surface area contributed by atoms with E-state index >= 15 is 0 Å². The summed E-state index contributed by atoms with van der Waals surface area (Å²) >= 11 is 1.47. The molecule has 7 heteroatoms. The number of ether oxygens (including phenoxy) is 2. The number of nitrogens with zero attached hydrogens (tertiary/aromatic N) is 2. The first kappa shape index (κ1) is 20.7. The van der Waals surface area contributed by atoms with Gasteiger partial charge >= 0.3 is 0 Å². The summed E-state index contributed by atoms with van der Waals surface area (Å²) in [5.74, 6) is 1.77. The molecule has 0 radical (unpaired) electrons. The van der Waals surface area contributed by atoms with Crippen LogP contribution in [0.3, 0.4) is 0 Å². The second-order valence-corrected chi connectivity index (χ2v) is 8.79. The highest BCUT2D eigenvalue weighted by atomic mass is 32.1. The van der Waals surface area contributed by atoms with E-state index in [1.807, 2.05) is 45.5 Å². The van der Waals surface area contributed by atoms with Gasteiger partial charge in [-0.3, -0.25) is 9.59 Å². The largest absolute Gasteiger partial charge is 0.497 e. The Morgan fingerprint density at radius 3 is 2.50 bits per heavy atom. The van der Waals surface area contributed by atoms with Gasteiger partial charge in [-0.15, -0.1) is 11.3 Å². The number of carbonyl (C=O) groups excluding carboxylic acids is 2. The van der Waals surface area contributed by atoms with Gasteiger partial charge in [-0.1, -0.05) is 6.07 Å².